The number of benzene rings is 1. The Morgan fingerprint density at radius 3 is 2.38 bits per heavy atom. The summed E-state index contributed by atoms with van der Waals surface area (Å²) in [5.41, 5.74) is 3.40. The lowest BCUT2D eigenvalue weighted by molar-refractivity contribution is -0.116. The molecule has 2 rings (SSSR count). The van der Waals surface area contributed by atoms with Gasteiger partial charge >= 0.3 is 6.09 Å². The van der Waals surface area contributed by atoms with Crippen LogP contribution in [0, 0.1) is 0 Å². The number of amides is 2. The van der Waals surface area contributed by atoms with Crippen LogP contribution < -0.4 is 4.90 Å². The predicted octanol–water partition coefficient (Wildman–Crippen LogP) is 4.73. The van der Waals surface area contributed by atoms with Gasteiger partial charge in [0, 0.05) is 26.6 Å². The molecule has 2 amide bonds. The maximum absolute atomic E-state index is 12.4. The minimum absolute atomic E-state index is 0.0171. The molecular formula is C21H30N2O3. The van der Waals surface area contributed by atoms with Crippen LogP contribution in [0.2, 0.25) is 0 Å². The fraction of sp³-hybridized carbons (Fsp3) is 0.524. The standard InChI is InChI=1S/C21H30N2O3/c1-7-9-10-23(15(3)24)19-12-18-14-22(20(25)26-21(4,5)6)13-17(18)11-16(19)8-2/h8,11-12H,2,7,9-10,13-14H2,1,3-6H3. The zero-order valence-corrected chi connectivity index (χ0v) is 16.6. The highest BCUT2D eigenvalue weighted by Gasteiger charge is 2.29. The van der Waals surface area contributed by atoms with E-state index in [2.05, 4.69) is 13.5 Å². The molecular weight excluding hydrogens is 328 g/mol. The summed E-state index contributed by atoms with van der Waals surface area (Å²) in [5, 5.41) is 0. The smallest absolute Gasteiger partial charge is 0.410 e. The van der Waals surface area contributed by atoms with Gasteiger partial charge in [-0.15, -0.1) is 0 Å². The molecule has 1 aliphatic heterocycles. The van der Waals surface area contributed by atoms with E-state index in [1.807, 2.05) is 32.9 Å². The van der Waals surface area contributed by atoms with Gasteiger partial charge in [0.25, 0.3) is 0 Å². The van der Waals surface area contributed by atoms with Crippen molar-refractivity contribution in [2.45, 2.75) is 66.2 Å². The van der Waals surface area contributed by atoms with Crippen LogP contribution in [0.25, 0.3) is 6.08 Å². The summed E-state index contributed by atoms with van der Waals surface area (Å²) >= 11 is 0. The van der Waals surface area contributed by atoms with Crippen molar-refractivity contribution in [2.24, 2.45) is 0 Å². The normalized spacial score (nSPS) is 13.3. The van der Waals surface area contributed by atoms with E-state index in [0.717, 1.165) is 35.2 Å². The number of rotatable bonds is 5. The molecule has 0 fully saturated rings. The average Bonchev–Trinajstić information content (AvgIpc) is 2.95. The summed E-state index contributed by atoms with van der Waals surface area (Å²) in [4.78, 5) is 28.0. The van der Waals surface area contributed by atoms with Crippen molar-refractivity contribution in [1.29, 1.82) is 0 Å². The molecule has 0 saturated carbocycles. The van der Waals surface area contributed by atoms with Crippen molar-refractivity contribution in [2.75, 3.05) is 11.4 Å². The molecule has 1 aliphatic rings. The first-order valence-corrected chi connectivity index (χ1v) is 9.20. The first-order chi connectivity index (χ1) is 12.2. The predicted molar refractivity (Wildman–Crippen MR) is 105 cm³/mol. The molecule has 142 valence electrons. The maximum atomic E-state index is 12.4. The van der Waals surface area contributed by atoms with Gasteiger partial charge in [-0.25, -0.2) is 4.79 Å². The van der Waals surface area contributed by atoms with Gasteiger partial charge in [0.05, 0.1) is 5.69 Å². The van der Waals surface area contributed by atoms with Crippen molar-refractivity contribution >= 4 is 23.8 Å². The van der Waals surface area contributed by atoms with Crippen LogP contribution in [0.15, 0.2) is 18.7 Å². The second-order valence-corrected chi connectivity index (χ2v) is 7.74. The SMILES string of the molecule is C=Cc1cc2c(cc1N(CCCC)C(C)=O)CN(C(=O)OC(C)(C)C)C2. The number of nitrogens with zero attached hydrogens (tertiary/aromatic N) is 2. The van der Waals surface area contributed by atoms with Crippen molar-refractivity contribution in [1.82, 2.24) is 4.90 Å². The molecule has 0 atom stereocenters. The van der Waals surface area contributed by atoms with Gasteiger partial charge in [-0.1, -0.05) is 26.0 Å². The van der Waals surface area contributed by atoms with E-state index in [-0.39, 0.29) is 12.0 Å². The van der Waals surface area contributed by atoms with Crippen molar-refractivity contribution in [3.63, 3.8) is 0 Å². The summed E-state index contributed by atoms with van der Waals surface area (Å²) < 4.78 is 5.48. The third kappa shape index (κ3) is 4.65. The number of carbonyl (C=O) groups is 2. The summed E-state index contributed by atoms with van der Waals surface area (Å²) in [6.07, 6.45) is 3.42. The molecule has 0 aliphatic carbocycles. The van der Waals surface area contributed by atoms with Gasteiger partial charge in [0.15, 0.2) is 0 Å². The average molecular weight is 358 g/mol. The second-order valence-electron chi connectivity index (χ2n) is 7.74. The second kappa shape index (κ2) is 7.94. The fourth-order valence-corrected chi connectivity index (χ4v) is 3.07. The van der Waals surface area contributed by atoms with E-state index >= 15 is 0 Å². The van der Waals surface area contributed by atoms with Gasteiger partial charge in [-0.3, -0.25) is 9.69 Å². The monoisotopic (exact) mass is 358 g/mol. The molecule has 0 radical (unpaired) electrons. The summed E-state index contributed by atoms with van der Waals surface area (Å²) in [6.45, 7) is 14.9. The van der Waals surface area contributed by atoms with Gasteiger partial charge < -0.3 is 9.64 Å². The van der Waals surface area contributed by atoms with Gasteiger partial charge in [0.2, 0.25) is 5.91 Å². The van der Waals surface area contributed by atoms with E-state index in [4.69, 9.17) is 4.74 Å². The molecule has 1 aromatic rings. The Labute approximate surface area is 156 Å². The van der Waals surface area contributed by atoms with Crippen LogP contribution in [-0.4, -0.2) is 29.0 Å². The van der Waals surface area contributed by atoms with E-state index < -0.39 is 5.60 Å². The number of hydrogen-bond donors (Lipinski definition) is 0. The van der Waals surface area contributed by atoms with E-state index in [0.29, 0.717) is 19.6 Å². The van der Waals surface area contributed by atoms with Crippen LogP contribution in [0.1, 0.15) is 64.2 Å². The lowest BCUT2D eigenvalue weighted by Gasteiger charge is -2.24. The molecule has 1 aromatic carbocycles. The van der Waals surface area contributed by atoms with E-state index in [9.17, 15) is 9.59 Å². The minimum atomic E-state index is -0.519. The minimum Gasteiger partial charge on any atom is -0.444 e. The van der Waals surface area contributed by atoms with E-state index in [1.54, 1.807) is 22.8 Å². The zero-order chi connectivity index (χ0) is 19.5. The molecule has 0 bridgehead atoms. The zero-order valence-electron chi connectivity index (χ0n) is 16.6. The maximum Gasteiger partial charge on any atom is 0.410 e. The van der Waals surface area contributed by atoms with Gasteiger partial charge in [-0.2, -0.15) is 0 Å². The Morgan fingerprint density at radius 2 is 1.88 bits per heavy atom. The van der Waals surface area contributed by atoms with Crippen molar-refractivity contribution < 1.29 is 14.3 Å². The van der Waals surface area contributed by atoms with Gasteiger partial charge in [-0.05, 0) is 56.0 Å². The molecule has 0 saturated heterocycles. The highest BCUT2D eigenvalue weighted by Crippen LogP contribution is 2.32. The summed E-state index contributed by atoms with van der Waals surface area (Å²) in [7, 11) is 0. The Balaban J connectivity index is 2.30. The largest absolute Gasteiger partial charge is 0.444 e. The third-order valence-corrected chi connectivity index (χ3v) is 4.35. The molecule has 5 heteroatoms. The van der Waals surface area contributed by atoms with Crippen LogP contribution >= 0.6 is 0 Å². The van der Waals surface area contributed by atoms with Gasteiger partial charge in [0.1, 0.15) is 5.60 Å². The molecule has 26 heavy (non-hydrogen) atoms. The van der Waals surface area contributed by atoms with E-state index in [1.165, 1.54) is 0 Å². The molecule has 5 nitrogen and oxygen atoms in total. The highest BCUT2D eigenvalue weighted by molar-refractivity contribution is 5.94. The number of hydrogen-bond acceptors (Lipinski definition) is 3. The molecule has 0 unspecified atom stereocenters. The molecule has 0 spiro atoms. The van der Waals surface area contributed by atoms with Crippen LogP contribution in [0.3, 0.4) is 0 Å². The number of ether oxygens (including phenoxy) is 1. The lowest BCUT2D eigenvalue weighted by atomic mass is 10.0. The first-order valence-electron chi connectivity index (χ1n) is 9.20. The Bertz CT molecular complexity index is 704. The van der Waals surface area contributed by atoms with Crippen molar-refractivity contribution in [3.05, 3.63) is 35.4 Å². The quantitative estimate of drug-likeness (QED) is 0.764. The summed E-state index contributed by atoms with van der Waals surface area (Å²) in [6, 6.07) is 4.05. The Kier molecular flexibility index (Phi) is 6.11. The highest BCUT2D eigenvalue weighted by atomic mass is 16.6. The fourth-order valence-electron chi connectivity index (χ4n) is 3.07. The Hall–Kier alpha value is -2.30. The van der Waals surface area contributed by atoms with Crippen LogP contribution in [0.4, 0.5) is 10.5 Å². The molecule has 1 heterocycles. The van der Waals surface area contributed by atoms with Crippen LogP contribution in [-0.2, 0) is 22.6 Å². The van der Waals surface area contributed by atoms with Crippen LogP contribution in [0.5, 0.6) is 0 Å². The number of fused-ring (bicyclic) bond motifs is 1. The molecule has 0 aromatic heterocycles. The first kappa shape index (κ1) is 20.0. The topological polar surface area (TPSA) is 49.9 Å². The third-order valence-electron chi connectivity index (χ3n) is 4.35. The Morgan fingerprint density at radius 1 is 1.27 bits per heavy atom. The number of unbranched alkanes of at least 4 members (excludes halogenated alkanes) is 1. The molecule has 0 N–H and O–H groups in total. The summed E-state index contributed by atoms with van der Waals surface area (Å²) in [5.74, 6) is 0.0171. The van der Waals surface area contributed by atoms with Crippen molar-refractivity contribution in [3.8, 4) is 0 Å². The lowest BCUT2D eigenvalue weighted by Crippen LogP contribution is -2.33. The number of anilines is 1. The number of carbonyl (C=O) groups excluding carboxylic acids is 2.